The Bertz CT molecular complexity index is 1090. The normalized spacial score (nSPS) is 27.2. The number of ether oxygens (including phenoxy) is 1. The van der Waals surface area contributed by atoms with Gasteiger partial charge in [-0.05, 0) is 30.3 Å². The number of pyridine rings is 1. The van der Waals surface area contributed by atoms with E-state index in [4.69, 9.17) is 4.74 Å². The minimum absolute atomic E-state index is 0.0402. The van der Waals surface area contributed by atoms with Gasteiger partial charge in [0.05, 0.1) is 25.2 Å². The van der Waals surface area contributed by atoms with Crippen LogP contribution in [0.1, 0.15) is 29.8 Å². The second kappa shape index (κ2) is 9.25. The number of morpholine rings is 1. The number of hydrogen-bond acceptors (Lipinski definition) is 5. The van der Waals surface area contributed by atoms with Crippen LogP contribution in [-0.4, -0.2) is 70.9 Å². The highest BCUT2D eigenvalue weighted by Gasteiger charge is 2.55. The first-order chi connectivity index (χ1) is 16.1. The fraction of sp³-hybridized carbons (Fsp3) is 0.462. The van der Waals surface area contributed by atoms with E-state index in [1.807, 2.05) is 64.1 Å². The van der Waals surface area contributed by atoms with Gasteiger partial charge in [0.2, 0.25) is 5.91 Å². The molecule has 0 radical (unpaired) electrons. The van der Waals surface area contributed by atoms with Crippen molar-refractivity contribution >= 4 is 18.1 Å². The molecule has 2 fully saturated rings. The van der Waals surface area contributed by atoms with Crippen molar-refractivity contribution in [3.63, 3.8) is 0 Å². The van der Waals surface area contributed by atoms with E-state index >= 15 is 0 Å². The number of aliphatic hydroxyl groups excluding tert-OH is 1. The van der Waals surface area contributed by atoms with E-state index < -0.39 is 0 Å². The maximum atomic E-state index is 13.6. The Balaban J connectivity index is 1.52. The van der Waals surface area contributed by atoms with E-state index in [-0.39, 0.29) is 42.0 Å². The van der Waals surface area contributed by atoms with Crippen molar-refractivity contribution in [2.24, 2.45) is 11.8 Å². The molecule has 5 rings (SSSR count). The van der Waals surface area contributed by atoms with Gasteiger partial charge < -0.3 is 19.3 Å². The van der Waals surface area contributed by atoms with E-state index in [1.165, 1.54) is 0 Å². The van der Waals surface area contributed by atoms with Gasteiger partial charge in [0.15, 0.2) is 0 Å². The van der Waals surface area contributed by atoms with Crippen LogP contribution in [-0.2, 0) is 16.1 Å². The zero-order valence-corrected chi connectivity index (χ0v) is 19.0. The average Bonchev–Trinajstić information content (AvgIpc) is 3.09. The molecule has 1 amide bonds. The lowest BCUT2D eigenvalue weighted by Crippen LogP contribution is -2.47. The maximum absolute atomic E-state index is 13.6. The molecule has 1 aromatic carbocycles. The molecule has 4 atom stereocenters. The van der Waals surface area contributed by atoms with Crippen LogP contribution in [0.4, 0.5) is 0 Å². The number of aliphatic hydroxyl groups is 1. The largest absolute Gasteiger partial charge is 0.396 e. The smallest absolute Gasteiger partial charge is 0.258 e. The molecule has 2 aromatic rings. The molecule has 1 aromatic heterocycles. The Kier molecular flexibility index (Phi) is 6.19. The molecule has 174 valence electrons. The summed E-state index contributed by atoms with van der Waals surface area (Å²) >= 11 is 0. The van der Waals surface area contributed by atoms with Gasteiger partial charge >= 0.3 is 0 Å². The van der Waals surface area contributed by atoms with Gasteiger partial charge in [-0.1, -0.05) is 43.3 Å². The molecule has 0 aliphatic carbocycles. The summed E-state index contributed by atoms with van der Waals surface area (Å²) in [6.07, 6.45) is 3.81. The molecule has 1 N–H and O–H groups in total. The Morgan fingerprint density at radius 2 is 1.88 bits per heavy atom. The second-order valence-electron chi connectivity index (χ2n) is 9.03. The lowest BCUT2D eigenvalue weighted by atomic mass is 9.86. The second-order valence-corrected chi connectivity index (χ2v) is 9.03. The molecule has 3 aliphatic rings. The van der Waals surface area contributed by atoms with Crippen molar-refractivity contribution < 1.29 is 14.6 Å². The van der Waals surface area contributed by atoms with Crippen molar-refractivity contribution in [1.82, 2.24) is 14.4 Å². The van der Waals surface area contributed by atoms with Crippen LogP contribution < -0.4 is 5.56 Å². The molecule has 4 heterocycles. The number of nitrogens with zero attached hydrogens (tertiary/aromatic N) is 3. The molecule has 33 heavy (non-hydrogen) atoms. The Labute approximate surface area is 193 Å². The lowest BCUT2D eigenvalue weighted by Gasteiger charge is -2.38. The topological polar surface area (TPSA) is 75.0 Å². The summed E-state index contributed by atoms with van der Waals surface area (Å²) in [5, 5.41) is 10.3. The van der Waals surface area contributed by atoms with E-state index in [9.17, 15) is 14.7 Å². The predicted octanol–water partition coefficient (Wildman–Crippen LogP) is 1.86. The molecular formula is C26H31N3O4. The molecule has 2 bridgehead atoms. The van der Waals surface area contributed by atoms with Gasteiger partial charge in [-0.15, -0.1) is 0 Å². The summed E-state index contributed by atoms with van der Waals surface area (Å²) < 4.78 is 7.26. The first kappa shape index (κ1) is 22.1. The number of amides is 1. The van der Waals surface area contributed by atoms with E-state index in [1.54, 1.807) is 0 Å². The van der Waals surface area contributed by atoms with Gasteiger partial charge in [-0.25, -0.2) is 0 Å². The number of fused-ring (bicyclic) bond motifs is 4. The zero-order chi connectivity index (χ0) is 22.9. The Morgan fingerprint density at radius 1 is 1.12 bits per heavy atom. The van der Waals surface area contributed by atoms with Crippen LogP contribution in [0, 0.1) is 11.8 Å². The van der Waals surface area contributed by atoms with Crippen molar-refractivity contribution in [1.29, 1.82) is 0 Å². The third kappa shape index (κ3) is 3.84. The Morgan fingerprint density at radius 3 is 2.58 bits per heavy atom. The summed E-state index contributed by atoms with van der Waals surface area (Å²) in [7, 11) is 0. The highest BCUT2D eigenvalue weighted by molar-refractivity contribution is 5.81. The maximum Gasteiger partial charge on any atom is 0.258 e. The summed E-state index contributed by atoms with van der Waals surface area (Å²) in [6.45, 7) is 5.51. The van der Waals surface area contributed by atoms with Crippen molar-refractivity contribution in [2.75, 3.05) is 39.5 Å². The molecule has 7 nitrogen and oxygen atoms in total. The summed E-state index contributed by atoms with van der Waals surface area (Å²) in [6, 6.07) is 13.5. The number of aromatic nitrogens is 1. The summed E-state index contributed by atoms with van der Waals surface area (Å²) in [4.78, 5) is 31.2. The molecule has 7 heteroatoms. The van der Waals surface area contributed by atoms with Crippen LogP contribution in [0.5, 0.6) is 0 Å². The van der Waals surface area contributed by atoms with Crippen molar-refractivity contribution in [2.45, 2.75) is 25.6 Å². The minimum atomic E-state index is -0.364. The molecule has 0 unspecified atom stereocenters. The fourth-order valence-electron chi connectivity index (χ4n) is 5.83. The van der Waals surface area contributed by atoms with Gasteiger partial charge in [-0.3, -0.25) is 14.5 Å². The molecule has 0 spiro atoms. The van der Waals surface area contributed by atoms with Crippen LogP contribution >= 0.6 is 0 Å². The third-order valence-corrected chi connectivity index (χ3v) is 7.43. The van der Waals surface area contributed by atoms with Crippen LogP contribution in [0.3, 0.4) is 0 Å². The highest BCUT2D eigenvalue weighted by Crippen LogP contribution is 2.48. The molecule has 0 saturated carbocycles. The van der Waals surface area contributed by atoms with Gasteiger partial charge in [-0.2, -0.15) is 0 Å². The third-order valence-electron chi connectivity index (χ3n) is 7.43. The van der Waals surface area contributed by atoms with E-state index in [0.29, 0.717) is 38.4 Å². The zero-order valence-electron chi connectivity index (χ0n) is 19.0. The van der Waals surface area contributed by atoms with E-state index in [2.05, 4.69) is 11.8 Å². The lowest BCUT2D eigenvalue weighted by molar-refractivity contribution is -0.142. The van der Waals surface area contributed by atoms with Gasteiger partial charge in [0.25, 0.3) is 5.56 Å². The van der Waals surface area contributed by atoms with Gasteiger partial charge in [0.1, 0.15) is 0 Å². The predicted molar refractivity (Wildman–Crippen MR) is 126 cm³/mol. The van der Waals surface area contributed by atoms with Crippen molar-refractivity contribution in [3.05, 3.63) is 69.6 Å². The SMILES string of the molecule is CCN1[C@@H]2Cn3c(ccc(/C=C/c4ccccc4)c3=O)[C@H]1[C@@H](C(=O)N1CCOCC1)[C@@H]2CO. The first-order valence-corrected chi connectivity index (χ1v) is 11.8. The standard InChI is InChI=1S/C26H31N3O4/c1-2-28-22-16-29-21(11-10-19(25(29)31)9-8-18-6-4-3-5-7-18)24(28)23(20(22)17-30)26(32)27-12-14-33-15-13-27/h3-11,20,22-24,30H,2,12-17H2,1H3/b9-8+/t20-,22-,23+,24+/m1/s1. The number of rotatable bonds is 5. The monoisotopic (exact) mass is 449 g/mol. The molecule has 3 aliphatic heterocycles. The van der Waals surface area contributed by atoms with E-state index in [0.717, 1.165) is 17.8 Å². The molecular weight excluding hydrogens is 418 g/mol. The first-order valence-electron chi connectivity index (χ1n) is 11.8. The number of likely N-dealkylation sites (N-methyl/N-ethyl adjacent to an activating group) is 1. The quantitative estimate of drug-likeness (QED) is 0.754. The number of carbonyl (C=O) groups excluding carboxylic acids is 1. The highest BCUT2D eigenvalue weighted by atomic mass is 16.5. The van der Waals surface area contributed by atoms with Crippen molar-refractivity contribution in [3.8, 4) is 0 Å². The van der Waals surface area contributed by atoms with Crippen LogP contribution in [0.25, 0.3) is 12.2 Å². The van der Waals surface area contributed by atoms with Gasteiger partial charge in [0, 0.05) is 49.5 Å². The van der Waals surface area contributed by atoms with Crippen LogP contribution in [0.15, 0.2) is 47.3 Å². The Hall–Kier alpha value is -2.74. The summed E-state index contributed by atoms with van der Waals surface area (Å²) in [5.41, 5.74) is 2.50. The molecule has 2 saturated heterocycles. The number of benzene rings is 1. The number of carbonyl (C=O) groups is 1. The van der Waals surface area contributed by atoms with Crippen LogP contribution in [0.2, 0.25) is 0 Å². The fourth-order valence-corrected chi connectivity index (χ4v) is 5.83. The minimum Gasteiger partial charge on any atom is -0.396 e. The number of hydrogen-bond donors (Lipinski definition) is 1. The average molecular weight is 450 g/mol. The summed E-state index contributed by atoms with van der Waals surface area (Å²) in [5.74, 6) is -0.498.